The number of sulfone groups is 1. The Balaban J connectivity index is 0.000000171. The molecule has 0 unspecified atom stereocenters. The number of nitrogens with one attached hydrogen (secondary N) is 3. The van der Waals surface area contributed by atoms with Crippen molar-refractivity contribution in [2.24, 2.45) is 0 Å². The normalized spacial score (nSPS) is 17.2. The summed E-state index contributed by atoms with van der Waals surface area (Å²) in [4.78, 5) is 22.7. The second kappa shape index (κ2) is 56.6. The van der Waals surface area contributed by atoms with Gasteiger partial charge in [0.1, 0.15) is 103 Å². The number of pyridine rings is 3. The van der Waals surface area contributed by atoms with E-state index in [-0.39, 0.29) is 53.9 Å². The summed E-state index contributed by atoms with van der Waals surface area (Å²) in [5.41, 5.74) is 11.1. The molecule has 10 heterocycles. The van der Waals surface area contributed by atoms with Gasteiger partial charge in [-0.05, 0) is 271 Å². The third-order valence-corrected chi connectivity index (χ3v) is 26.6. The van der Waals surface area contributed by atoms with E-state index in [9.17, 15) is 23.7 Å². The molecule has 1 aliphatic carbocycles. The molecule has 0 spiro atoms. The fourth-order valence-electron chi connectivity index (χ4n) is 12.2. The minimum atomic E-state index is -3.24. The maximum absolute atomic E-state index is 11.8. The molecule has 29 nitrogen and oxygen atoms in total. The van der Waals surface area contributed by atoms with Crippen LogP contribution in [-0.2, 0) is 38.3 Å². The molecule has 5 atom stereocenters. The number of fused-ring (bicyclic) bond motifs is 3. The molecule has 702 valence electrons. The van der Waals surface area contributed by atoms with Gasteiger partial charge in [0.2, 0.25) is 0 Å². The van der Waals surface area contributed by atoms with E-state index in [1.807, 2.05) is 104 Å². The predicted molar refractivity (Wildman–Crippen MR) is 539 cm³/mol. The molecule has 6 aromatic carbocycles. The number of benzene rings is 6. The lowest BCUT2D eigenvalue weighted by atomic mass is 9.80. The maximum atomic E-state index is 11.8. The first-order valence-corrected chi connectivity index (χ1v) is 49.6. The highest BCUT2D eigenvalue weighted by Gasteiger charge is 2.37. The number of epoxide rings is 2. The first-order valence-electron chi connectivity index (χ1n) is 41.3. The number of aliphatic hydroxyl groups excluding tert-OH is 4. The Labute approximate surface area is 835 Å². The van der Waals surface area contributed by atoms with Gasteiger partial charge in [-0.15, -0.1) is 0 Å². The number of nitrogen functional groups attached to an aromatic ring is 1. The molecular weight excluding hydrogens is 2260 g/mol. The van der Waals surface area contributed by atoms with Crippen molar-refractivity contribution in [1.82, 2.24) is 40.0 Å². The molecule has 0 radical (unpaired) electrons. The van der Waals surface area contributed by atoms with Crippen LogP contribution in [0.15, 0.2) is 160 Å². The zero-order valence-corrected chi connectivity index (χ0v) is 85.4. The molecule has 0 amide bonds. The van der Waals surface area contributed by atoms with Gasteiger partial charge >= 0.3 is 7.12 Å². The summed E-state index contributed by atoms with van der Waals surface area (Å²) in [6.45, 7) is 24.1. The highest BCUT2D eigenvalue weighted by molar-refractivity contribution is 14.1. The summed E-state index contributed by atoms with van der Waals surface area (Å²) in [5, 5.41) is 76.8. The number of halogens is 10. The Morgan fingerprint density at radius 3 is 1.47 bits per heavy atom. The van der Waals surface area contributed by atoms with E-state index in [0.717, 1.165) is 167 Å². The van der Waals surface area contributed by atoms with Crippen molar-refractivity contribution in [3.63, 3.8) is 0 Å². The van der Waals surface area contributed by atoms with Gasteiger partial charge in [-0.1, -0.05) is 70.1 Å². The number of aryl methyl sites for hydroxylation is 3. The van der Waals surface area contributed by atoms with E-state index in [0.29, 0.717) is 121 Å². The molecule has 7 aliphatic rings. The highest BCUT2D eigenvalue weighted by atomic mass is 127. The Bertz CT molecular complexity index is 5170. The molecule has 41 heteroatoms. The molecule has 6 aliphatic heterocycles. The highest BCUT2D eigenvalue weighted by Crippen LogP contribution is 2.39. The molecule has 17 rings (SSSR count). The van der Waals surface area contributed by atoms with Gasteiger partial charge < -0.3 is 104 Å². The van der Waals surface area contributed by atoms with E-state index >= 15 is 0 Å². The number of morpholine rings is 4. The number of hydrogen-bond acceptors (Lipinski definition) is 28. The summed E-state index contributed by atoms with van der Waals surface area (Å²) >= 11 is 43.0. The van der Waals surface area contributed by atoms with Crippen molar-refractivity contribution < 1.29 is 91.4 Å². The molecule has 0 bridgehead atoms. The number of H-pyrrole nitrogens is 1. The summed E-state index contributed by atoms with van der Waals surface area (Å²) in [6, 6.07) is 36.7. The number of ether oxygens (including phenoxy) is 10. The zero-order chi connectivity index (χ0) is 92.9. The van der Waals surface area contributed by atoms with E-state index < -0.39 is 35.3 Å². The molecule has 7 fully saturated rings. The summed E-state index contributed by atoms with van der Waals surface area (Å²) in [7, 11) is -4.87. The van der Waals surface area contributed by atoms with Gasteiger partial charge in [0, 0.05) is 121 Å². The van der Waals surface area contributed by atoms with Crippen molar-refractivity contribution in [3.8, 4) is 28.7 Å². The van der Waals surface area contributed by atoms with Crippen molar-refractivity contribution >= 4 is 219 Å². The monoisotopic (exact) mass is 2360 g/mol. The average molecular weight is 2370 g/mol. The number of rotatable bonds is 24. The number of aliphatic hydroxyl groups is 4. The number of aromatic amines is 1. The van der Waals surface area contributed by atoms with Crippen LogP contribution in [0, 0.1) is 31.5 Å². The number of phenols is 1. The average Bonchev–Trinajstić information content (AvgIpc) is 1.62. The van der Waals surface area contributed by atoms with E-state index in [2.05, 4.69) is 133 Å². The second-order valence-electron chi connectivity index (χ2n) is 30.2. The van der Waals surface area contributed by atoms with Gasteiger partial charge in [-0.2, -0.15) is 0 Å². The molecule has 6 saturated heterocycles. The Morgan fingerprint density at radius 2 is 1.02 bits per heavy atom. The van der Waals surface area contributed by atoms with Crippen LogP contribution in [0.5, 0.6) is 28.7 Å². The van der Waals surface area contributed by atoms with Crippen LogP contribution in [0.2, 0.25) is 25.1 Å². The zero-order valence-electron chi connectivity index (χ0n) is 71.2. The van der Waals surface area contributed by atoms with Crippen LogP contribution in [0.4, 0.5) is 17.3 Å². The third-order valence-electron chi connectivity index (χ3n) is 19.3. The Morgan fingerprint density at radius 1 is 0.566 bits per heavy atom. The maximum Gasteiger partial charge on any atom is 0.488 e. The number of aromatic hydroxyl groups is 1. The lowest BCUT2D eigenvalue weighted by Crippen LogP contribution is -2.42. The largest absolute Gasteiger partial charge is 0.507 e. The van der Waals surface area contributed by atoms with E-state index in [1.54, 1.807) is 54.9 Å². The lowest BCUT2D eigenvalue weighted by molar-refractivity contribution is 0.00449. The van der Waals surface area contributed by atoms with Gasteiger partial charge in [0.15, 0.2) is 9.84 Å². The number of anilines is 3. The van der Waals surface area contributed by atoms with Crippen LogP contribution in [0.1, 0.15) is 29.5 Å². The standard InChI is InChI=1S/C19H23BrClN3O3.C19H22ClN3O3.C13H17ClINO3.C9H11BO4S.C9H8ClIO2.C6H7BrN2.C6H4ClIO.C4H9NO.C3H6O2/c1-13-8-16(20)19(22-10-13)23-17-9-14(21)2-3-18(17)27-12-15(25)11-24-4-6-26-7-5-24;1-12-8-14-17-15(20)2-3-16(18(17)22-19(14)21-9-12)26-11-13(24)10-23-4-6-25-7-5-23;14-10-1-2-13(12(15)7-10)19-9-11(17)8-16-3-5-18-6-4-16;11-10(12)7-2-1-3-9(6-7)15(13,14)8-4-5-8;10-6-1-2-9(8(11)3-6)13-5-7-4-12-7;1-4-2-5(7)6(8)9-3-4;7-4-1-2-6(9)5(8)3-4;1-3-6-4-2-5-1;4-1-3-2-5-3/h2-3,8-10,15,25H,4-7,11-12H2,1H3,(H,22,23);2-3,8-9,13,24H,4-7,10-11H2,1H3,(H,21,22);1-2,7,11,17H,3-6,8-9H2;1-3,6,8,11-12H,4-5H2;1-3,7H,4-5H2;2-3H,1H3,(H2,8,9);1-3,9H;5H,1-4H2;3-4H,1-2H2/t15-;13-;11-;;7-;;;;3-/m111.1...0/s1. The summed E-state index contributed by atoms with van der Waals surface area (Å²) < 4.78 is 81.6. The van der Waals surface area contributed by atoms with Crippen molar-refractivity contribution in [1.29, 1.82) is 0 Å². The van der Waals surface area contributed by atoms with Crippen LogP contribution >= 0.6 is 158 Å². The summed E-state index contributed by atoms with van der Waals surface area (Å²) in [5.74, 6) is 4.39. The molecular formula is C88H107BBr2Cl5I3N10O19S. The fourth-order valence-corrected chi connectivity index (χ4v) is 18.2. The van der Waals surface area contributed by atoms with Gasteiger partial charge in [0.05, 0.1) is 119 Å². The van der Waals surface area contributed by atoms with Gasteiger partial charge in [-0.3, -0.25) is 14.7 Å². The minimum Gasteiger partial charge on any atom is -0.507 e. The molecule has 4 aromatic heterocycles. The number of aromatic nitrogens is 4. The number of nitrogens with zero attached hydrogens (tertiary/aromatic N) is 6. The number of nitrogens with two attached hydrogens (primary N) is 1. The Hall–Kier alpha value is -4.86. The van der Waals surface area contributed by atoms with Crippen molar-refractivity contribution in [2.45, 2.75) is 74.3 Å². The Kier molecular flexibility index (Phi) is 47.3. The first kappa shape index (κ1) is 108. The quantitative estimate of drug-likeness (QED) is 0.0152. The topological polar surface area (TPSA) is 389 Å². The van der Waals surface area contributed by atoms with Crippen LogP contribution in [0.3, 0.4) is 0 Å². The second-order valence-corrected chi connectivity index (χ2v) is 39.7. The number of β-amino-alcohol motifs (C(OH)–C–C–N with tert-alkyl or cyclic N) is 3. The van der Waals surface area contributed by atoms with E-state index in [1.165, 1.54) is 24.3 Å². The first-order chi connectivity index (χ1) is 61.9. The SMILES string of the molecule is C1COCCN1.Cc1cnc(N)c(Br)c1.Cc1cnc(Nc2cc(Cl)ccc2OC[C@H](O)CN2CCOCC2)c(Br)c1.Cc1cnc2[nH]c3c(OC[C@H](O)CN4CCOCC4)ccc(Cl)c3c2c1.Clc1ccc(OC[C@H]2CO2)c(I)c1.O=S(=O)(c1cccc(B(O)O)c1)C1CC1.OC[C@H]1CO1.O[C@@H](COc1ccc(Cl)cc1I)CN1CCOCC1.Oc1ccc(Cl)cc1I. The summed E-state index contributed by atoms with van der Waals surface area (Å²) in [6.07, 6.45) is 5.58. The molecule has 129 heavy (non-hydrogen) atoms. The fraction of sp³-hybridized carbons (Fsp3) is 0.420. The van der Waals surface area contributed by atoms with Gasteiger partial charge in [-0.25, -0.2) is 23.4 Å². The van der Waals surface area contributed by atoms with Crippen molar-refractivity contribution in [2.75, 3.05) is 182 Å². The van der Waals surface area contributed by atoms with Crippen LogP contribution < -0.4 is 40.8 Å². The number of phenolic OH excluding ortho intramolecular Hbond substituents is 1. The van der Waals surface area contributed by atoms with E-state index in [4.69, 9.17) is 127 Å². The molecule has 12 N–H and O–H groups in total. The smallest absolute Gasteiger partial charge is 0.488 e. The predicted octanol–water partition coefficient (Wildman–Crippen LogP) is 13.8. The molecule has 10 aromatic rings. The number of hydrogen-bond donors (Lipinski definition) is 11. The van der Waals surface area contributed by atoms with Crippen LogP contribution in [0.25, 0.3) is 21.9 Å². The third kappa shape index (κ3) is 39.4. The van der Waals surface area contributed by atoms with Gasteiger partial charge in [0.25, 0.3) is 0 Å². The lowest BCUT2D eigenvalue weighted by Gasteiger charge is -2.28. The molecule has 1 saturated carbocycles. The van der Waals surface area contributed by atoms with Crippen molar-refractivity contribution in [3.05, 3.63) is 207 Å². The minimum absolute atomic E-state index is 0.176. The van der Waals surface area contributed by atoms with Crippen LogP contribution in [-0.4, -0.2) is 293 Å².